The molecule has 3 aliphatic rings. The Morgan fingerprint density at radius 3 is 2.40 bits per heavy atom. The molecular weight excluding hydrogens is 376 g/mol. The van der Waals surface area contributed by atoms with Gasteiger partial charge >= 0.3 is 0 Å². The van der Waals surface area contributed by atoms with E-state index in [1.54, 1.807) is 7.11 Å². The number of hydrogen-bond acceptors (Lipinski definition) is 4. The largest absolute Gasteiger partial charge is 0.497 e. The van der Waals surface area contributed by atoms with E-state index in [1.165, 1.54) is 6.42 Å². The number of piperidine rings is 1. The Bertz CT molecular complexity index is 918. The Balaban J connectivity index is 1.81. The Labute approximate surface area is 179 Å². The molecule has 1 saturated heterocycles. The van der Waals surface area contributed by atoms with Crippen molar-refractivity contribution in [2.75, 3.05) is 20.2 Å². The maximum atomic E-state index is 13.6. The number of carbonyl (C=O) groups is 2. The monoisotopic (exact) mass is 408 g/mol. The third-order valence-corrected chi connectivity index (χ3v) is 6.56. The number of ether oxygens (including phenoxy) is 1. The van der Waals surface area contributed by atoms with Crippen LogP contribution in [0.1, 0.15) is 64.4 Å². The second-order valence-corrected chi connectivity index (χ2v) is 9.56. The van der Waals surface area contributed by atoms with Crippen molar-refractivity contribution in [3.63, 3.8) is 0 Å². The molecule has 0 unspecified atom stereocenters. The summed E-state index contributed by atoms with van der Waals surface area (Å²) in [7, 11) is 1.64. The zero-order valence-electron chi connectivity index (χ0n) is 18.5. The van der Waals surface area contributed by atoms with E-state index in [2.05, 4.69) is 19.2 Å². The molecule has 1 aliphatic carbocycles. The molecule has 0 radical (unpaired) electrons. The Morgan fingerprint density at radius 1 is 1.10 bits per heavy atom. The SMILES string of the molecule is COc1ccc([C@@H]2C(C(=O)N3CCCCC3)=C(C)NC3=C2C(=O)CC(C)(C)C3)cc1. The normalized spacial score (nSPS) is 23.8. The van der Waals surface area contributed by atoms with E-state index in [9.17, 15) is 9.59 Å². The number of amides is 1. The molecule has 30 heavy (non-hydrogen) atoms. The van der Waals surface area contributed by atoms with Crippen molar-refractivity contribution < 1.29 is 14.3 Å². The molecule has 1 N–H and O–H groups in total. The second kappa shape index (κ2) is 7.93. The number of hydrogen-bond donors (Lipinski definition) is 1. The third-order valence-electron chi connectivity index (χ3n) is 6.56. The van der Waals surface area contributed by atoms with Gasteiger partial charge in [0.25, 0.3) is 5.91 Å². The highest BCUT2D eigenvalue weighted by Gasteiger charge is 2.43. The molecule has 0 saturated carbocycles. The van der Waals surface area contributed by atoms with Crippen molar-refractivity contribution in [3.8, 4) is 5.75 Å². The summed E-state index contributed by atoms with van der Waals surface area (Å²) in [6.07, 6.45) is 4.57. The van der Waals surface area contributed by atoms with Crippen LogP contribution < -0.4 is 10.1 Å². The molecule has 2 heterocycles. The van der Waals surface area contributed by atoms with Crippen molar-refractivity contribution >= 4 is 11.7 Å². The molecule has 0 bridgehead atoms. The van der Waals surface area contributed by atoms with Crippen LogP contribution in [0.4, 0.5) is 0 Å². The summed E-state index contributed by atoms with van der Waals surface area (Å²) in [5.41, 5.74) is 4.22. The van der Waals surface area contributed by atoms with Crippen LogP contribution in [0.5, 0.6) is 5.75 Å². The molecule has 5 nitrogen and oxygen atoms in total. The number of benzene rings is 1. The maximum absolute atomic E-state index is 13.6. The fourth-order valence-electron chi connectivity index (χ4n) is 5.12. The van der Waals surface area contributed by atoms with Gasteiger partial charge in [-0.1, -0.05) is 26.0 Å². The van der Waals surface area contributed by atoms with Gasteiger partial charge in [0.1, 0.15) is 5.75 Å². The van der Waals surface area contributed by atoms with Gasteiger partial charge in [-0.05, 0) is 55.7 Å². The van der Waals surface area contributed by atoms with E-state index >= 15 is 0 Å². The van der Waals surface area contributed by atoms with Crippen LogP contribution in [0.2, 0.25) is 0 Å². The van der Waals surface area contributed by atoms with Crippen molar-refractivity contribution in [1.29, 1.82) is 0 Å². The van der Waals surface area contributed by atoms with E-state index in [-0.39, 0.29) is 23.0 Å². The first-order chi connectivity index (χ1) is 14.3. The molecule has 1 atom stereocenters. The van der Waals surface area contributed by atoms with Gasteiger partial charge in [-0.15, -0.1) is 0 Å². The number of allylic oxidation sites excluding steroid dienone is 3. The van der Waals surface area contributed by atoms with Crippen LogP contribution in [0.25, 0.3) is 0 Å². The van der Waals surface area contributed by atoms with E-state index in [4.69, 9.17) is 4.74 Å². The first-order valence-electron chi connectivity index (χ1n) is 11.0. The number of nitrogens with one attached hydrogen (secondary N) is 1. The molecule has 0 aromatic heterocycles. The van der Waals surface area contributed by atoms with Crippen molar-refractivity contribution in [2.24, 2.45) is 5.41 Å². The van der Waals surface area contributed by atoms with Gasteiger partial charge in [-0.2, -0.15) is 0 Å². The van der Waals surface area contributed by atoms with Gasteiger partial charge in [-0.3, -0.25) is 9.59 Å². The highest BCUT2D eigenvalue weighted by Crippen LogP contribution is 2.47. The zero-order valence-corrected chi connectivity index (χ0v) is 18.5. The summed E-state index contributed by atoms with van der Waals surface area (Å²) >= 11 is 0. The first kappa shape index (κ1) is 20.7. The van der Waals surface area contributed by atoms with Gasteiger partial charge in [-0.25, -0.2) is 0 Å². The standard InChI is InChI=1S/C25H32N2O3/c1-16-21(24(29)27-12-6-5-7-13-27)22(17-8-10-18(30-4)11-9-17)23-19(26-16)14-25(2,3)15-20(23)28/h8-11,22,26H,5-7,12-15H2,1-4H3/t22-/m1/s1. The molecule has 1 aromatic carbocycles. The smallest absolute Gasteiger partial charge is 0.252 e. The number of dihydropyridines is 1. The first-order valence-corrected chi connectivity index (χ1v) is 11.0. The fraction of sp³-hybridized carbons (Fsp3) is 0.520. The lowest BCUT2D eigenvalue weighted by Gasteiger charge is -2.41. The summed E-state index contributed by atoms with van der Waals surface area (Å²) in [5.74, 6) is 0.642. The summed E-state index contributed by atoms with van der Waals surface area (Å²) in [6.45, 7) is 7.82. The van der Waals surface area contributed by atoms with Crippen molar-refractivity contribution in [1.82, 2.24) is 10.2 Å². The molecular formula is C25H32N2O3. The molecule has 0 spiro atoms. The summed E-state index contributed by atoms with van der Waals surface area (Å²) in [6, 6.07) is 7.80. The van der Waals surface area contributed by atoms with Crippen LogP contribution in [0.15, 0.2) is 46.8 Å². The molecule has 2 aliphatic heterocycles. The van der Waals surface area contributed by atoms with Crippen LogP contribution in [-0.2, 0) is 9.59 Å². The molecule has 1 amide bonds. The highest BCUT2D eigenvalue weighted by atomic mass is 16.5. The van der Waals surface area contributed by atoms with Gasteiger partial charge in [0, 0.05) is 48.0 Å². The van der Waals surface area contributed by atoms with E-state index < -0.39 is 0 Å². The lowest BCUT2D eigenvalue weighted by Crippen LogP contribution is -2.43. The van der Waals surface area contributed by atoms with E-state index in [0.29, 0.717) is 12.0 Å². The predicted octanol–water partition coefficient (Wildman–Crippen LogP) is 4.31. The van der Waals surface area contributed by atoms with Crippen LogP contribution in [0, 0.1) is 5.41 Å². The van der Waals surface area contributed by atoms with Gasteiger partial charge in [0.15, 0.2) is 5.78 Å². The molecule has 5 heteroatoms. The summed E-state index contributed by atoms with van der Waals surface area (Å²) in [5, 5.41) is 3.46. The minimum absolute atomic E-state index is 0.0599. The molecule has 4 rings (SSSR count). The number of nitrogens with zero attached hydrogens (tertiary/aromatic N) is 1. The topological polar surface area (TPSA) is 58.6 Å². The summed E-state index contributed by atoms with van der Waals surface area (Å²) < 4.78 is 5.32. The lowest BCUT2D eigenvalue weighted by molar-refractivity contribution is -0.128. The number of methoxy groups -OCH3 is 1. The Hall–Kier alpha value is -2.56. The van der Waals surface area contributed by atoms with Gasteiger partial charge in [0.05, 0.1) is 7.11 Å². The quantitative estimate of drug-likeness (QED) is 0.810. The minimum Gasteiger partial charge on any atom is -0.497 e. The maximum Gasteiger partial charge on any atom is 0.252 e. The van der Waals surface area contributed by atoms with E-state index in [0.717, 1.165) is 60.6 Å². The van der Waals surface area contributed by atoms with Crippen molar-refractivity contribution in [3.05, 3.63) is 52.4 Å². The van der Waals surface area contributed by atoms with Gasteiger partial charge in [0.2, 0.25) is 0 Å². The van der Waals surface area contributed by atoms with Crippen LogP contribution in [0.3, 0.4) is 0 Å². The van der Waals surface area contributed by atoms with Crippen LogP contribution >= 0.6 is 0 Å². The van der Waals surface area contributed by atoms with Crippen molar-refractivity contribution in [2.45, 2.75) is 58.8 Å². The third kappa shape index (κ3) is 3.78. The average Bonchev–Trinajstić information content (AvgIpc) is 2.72. The second-order valence-electron chi connectivity index (χ2n) is 9.56. The average molecular weight is 409 g/mol. The fourth-order valence-corrected chi connectivity index (χ4v) is 5.12. The van der Waals surface area contributed by atoms with E-state index in [1.807, 2.05) is 36.1 Å². The van der Waals surface area contributed by atoms with Gasteiger partial charge < -0.3 is 15.0 Å². The number of Topliss-reactive ketones (excluding diaryl/α,β-unsaturated/α-hetero) is 1. The zero-order chi connectivity index (χ0) is 21.5. The minimum atomic E-state index is -0.329. The molecule has 1 aromatic rings. The molecule has 160 valence electrons. The summed E-state index contributed by atoms with van der Waals surface area (Å²) in [4.78, 5) is 28.9. The van der Waals surface area contributed by atoms with Crippen LogP contribution in [-0.4, -0.2) is 36.8 Å². The number of likely N-dealkylation sites (tertiary alicyclic amines) is 1. The lowest BCUT2D eigenvalue weighted by atomic mass is 9.68. The Kier molecular flexibility index (Phi) is 5.48. The number of carbonyl (C=O) groups excluding carboxylic acids is 2. The highest BCUT2D eigenvalue weighted by molar-refractivity contribution is 6.05. The predicted molar refractivity (Wildman–Crippen MR) is 117 cm³/mol. The number of ketones is 1. The molecule has 1 fully saturated rings. The number of rotatable bonds is 3. The Morgan fingerprint density at radius 2 is 1.77 bits per heavy atom.